The summed E-state index contributed by atoms with van der Waals surface area (Å²) in [6, 6.07) is 5.02. The molecular formula is C20H29ClN2O2S. The summed E-state index contributed by atoms with van der Waals surface area (Å²) in [5, 5.41) is 1.29. The average Bonchev–Trinajstić information content (AvgIpc) is 2.89. The number of rotatable bonds is 5. The van der Waals surface area contributed by atoms with Crippen LogP contribution in [0.3, 0.4) is 0 Å². The van der Waals surface area contributed by atoms with Crippen LogP contribution in [0.4, 0.5) is 0 Å². The van der Waals surface area contributed by atoms with Crippen LogP contribution in [0, 0.1) is 5.41 Å². The van der Waals surface area contributed by atoms with Gasteiger partial charge in [-0.1, -0.05) is 57.5 Å². The van der Waals surface area contributed by atoms with Crippen LogP contribution < -0.4 is 4.74 Å². The quantitative estimate of drug-likeness (QED) is 0.659. The number of hydrogen-bond donors (Lipinski definition) is 0. The van der Waals surface area contributed by atoms with Crippen LogP contribution >= 0.6 is 23.4 Å². The molecule has 1 aliphatic rings. The molecule has 1 saturated heterocycles. The highest BCUT2D eigenvalue weighted by Crippen LogP contribution is 2.48. The number of aliphatic imine (C=N–C) groups is 1. The maximum Gasteiger partial charge on any atom is 0.283 e. The summed E-state index contributed by atoms with van der Waals surface area (Å²) in [6.45, 7) is 12.9. The van der Waals surface area contributed by atoms with Crippen molar-refractivity contribution in [3.05, 3.63) is 28.8 Å². The number of ether oxygens (including phenoxy) is 1. The Bertz CT molecular complexity index is 700. The Morgan fingerprint density at radius 3 is 2.69 bits per heavy atom. The third-order valence-corrected chi connectivity index (χ3v) is 7.00. The normalized spacial score (nSPS) is 22.1. The van der Waals surface area contributed by atoms with Crippen molar-refractivity contribution in [2.45, 2.75) is 52.2 Å². The van der Waals surface area contributed by atoms with Crippen molar-refractivity contribution < 1.29 is 9.53 Å². The summed E-state index contributed by atoms with van der Waals surface area (Å²) < 4.78 is 5.30. The Labute approximate surface area is 166 Å². The molecule has 1 amide bonds. The van der Waals surface area contributed by atoms with Crippen LogP contribution in [0.1, 0.15) is 57.8 Å². The summed E-state index contributed by atoms with van der Waals surface area (Å²) >= 11 is 7.77. The Morgan fingerprint density at radius 2 is 2.12 bits per heavy atom. The van der Waals surface area contributed by atoms with E-state index in [0.29, 0.717) is 16.3 Å². The SMILES string of the molecule is CCCCN1CC(C)(C(C)(C)C)S/C1=N\C(=O)c1cc(Cl)ccc1OC. The smallest absolute Gasteiger partial charge is 0.283 e. The lowest BCUT2D eigenvalue weighted by molar-refractivity contribution is 0.0999. The molecule has 0 bridgehead atoms. The van der Waals surface area contributed by atoms with Crippen LogP contribution in [0.2, 0.25) is 5.02 Å². The van der Waals surface area contributed by atoms with E-state index in [1.165, 1.54) is 0 Å². The third kappa shape index (κ3) is 4.55. The van der Waals surface area contributed by atoms with Gasteiger partial charge in [0.15, 0.2) is 5.17 Å². The van der Waals surface area contributed by atoms with Crippen molar-refractivity contribution in [3.8, 4) is 5.75 Å². The summed E-state index contributed by atoms with van der Waals surface area (Å²) in [6.07, 6.45) is 2.19. The molecule has 1 heterocycles. The minimum Gasteiger partial charge on any atom is -0.496 e. The number of thioether (sulfide) groups is 1. The van der Waals surface area contributed by atoms with E-state index in [2.05, 4.69) is 44.5 Å². The van der Waals surface area contributed by atoms with E-state index in [1.54, 1.807) is 37.1 Å². The van der Waals surface area contributed by atoms with Gasteiger partial charge in [-0.25, -0.2) is 0 Å². The first-order valence-electron chi connectivity index (χ1n) is 9.02. The molecule has 0 radical (unpaired) electrons. The van der Waals surface area contributed by atoms with Gasteiger partial charge in [-0.05, 0) is 37.0 Å². The first kappa shape index (κ1) is 21.1. The number of hydrogen-bond acceptors (Lipinski definition) is 3. The monoisotopic (exact) mass is 396 g/mol. The van der Waals surface area contributed by atoms with Gasteiger partial charge in [0, 0.05) is 22.9 Å². The number of carbonyl (C=O) groups is 1. The van der Waals surface area contributed by atoms with Gasteiger partial charge < -0.3 is 9.64 Å². The maximum absolute atomic E-state index is 12.8. The molecule has 1 unspecified atom stereocenters. The van der Waals surface area contributed by atoms with Crippen LogP contribution in [-0.4, -0.2) is 40.9 Å². The first-order valence-corrected chi connectivity index (χ1v) is 10.2. The second kappa shape index (κ2) is 8.22. The molecule has 1 aliphatic heterocycles. The van der Waals surface area contributed by atoms with Gasteiger partial charge in [0.2, 0.25) is 0 Å². The zero-order valence-corrected chi connectivity index (χ0v) is 18.1. The second-order valence-corrected chi connectivity index (χ2v) is 9.81. The van der Waals surface area contributed by atoms with E-state index in [4.69, 9.17) is 16.3 Å². The minimum atomic E-state index is -0.313. The van der Waals surface area contributed by atoms with Gasteiger partial charge in [-0.2, -0.15) is 4.99 Å². The summed E-state index contributed by atoms with van der Waals surface area (Å²) in [5.41, 5.74) is 0.490. The Hall–Kier alpha value is -1.20. The first-order chi connectivity index (χ1) is 12.1. The summed E-state index contributed by atoms with van der Waals surface area (Å²) in [7, 11) is 1.54. The van der Waals surface area contributed by atoms with E-state index in [9.17, 15) is 4.79 Å². The molecule has 0 aromatic heterocycles. The molecule has 1 fully saturated rings. The molecule has 1 aromatic carbocycles. The summed E-state index contributed by atoms with van der Waals surface area (Å²) in [5.74, 6) is 0.178. The van der Waals surface area contributed by atoms with Gasteiger partial charge in [0.05, 0.1) is 12.7 Å². The molecule has 4 nitrogen and oxygen atoms in total. The lowest BCUT2D eigenvalue weighted by Gasteiger charge is -2.36. The van der Waals surface area contributed by atoms with E-state index < -0.39 is 0 Å². The van der Waals surface area contributed by atoms with Crippen molar-refractivity contribution in [3.63, 3.8) is 0 Å². The highest BCUT2D eigenvalue weighted by molar-refractivity contribution is 8.15. The van der Waals surface area contributed by atoms with Crippen molar-refractivity contribution in [1.82, 2.24) is 4.90 Å². The highest BCUT2D eigenvalue weighted by Gasteiger charge is 2.47. The van der Waals surface area contributed by atoms with Crippen molar-refractivity contribution in [2.24, 2.45) is 10.4 Å². The Kier molecular flexibility index (Phi) is 6.67. The molecule has 26 heavy (non-hydrogen) atoms. The van der Waals surface area contributed by atoms with Crippen molar-refractivity contribution >= 4 is 34.4 Å². The molecule has 0 saturated carbocycles. The summed E-state index contributed by atoms with van der Waals surface area (Å²) in [4.78, 5) is 19.6. The zero-order valence-electron chi connectivity index (χ0n) is 16.6. The second-order valence-electron chi connectivity index (χ2n) is 7.90. The lowest BCUT2D eigenvalue weighted by Crippen LogP contribution is -2.40. The number of halogens is 1. The van der Waals surface area contributed by atoms with E-state index in [0.717, 1.165) is 31.1 Å². The Morgan fingerprint density at radius 1 is 1.42 bits per heavy atom. The van der Waals surface area contributed by atoms with Crippen LogP contribution in [-0.2, 0) is 0 Å². The predicted molar refractivity (Wildman–Crippen MR) is 112 cm³/mol. The largest absolute Gasteiger partial charge is 0.496 e. The third-order valence-electron chi connectivity index (χ3n) is 5.04. The molecule has 6 heteroatoms. The number of nitrogens with zero attached hydrogens (tertiary/aromatic N) is 2. The number of carbonyl (C=O) groups excluding carboxylic acids is 1. The number of amidine groups is 1. The highest BCUT2D eigenvalue weighted by atomic mass is 35.5. The zero-order chi connectivity index (χ0) is 19.5. The molecule has 1 atom stereocenters. The number of benzene rings is 1. The number of methoxy groups -OCH3 is 1. The molecular weight excluding hydrogens is 368 g/mol. The fraction of sp³-hybridized carbons (Fsp3) is 0.600. The van der Waals surface area contributed by atoms with Crippen LogP contribution in [0.15, 0.2) is 23.2 Å². The van der Waals surface area contributed by atoms with E-state index in [-0.39, 0.29) is 16.1 Å². The van der Waals surface area contributed by atoms with Crippen molar-refractivity contribution in [2.75, 3.05) is 20.2 Å². The molecule has 144 valence electrons. The van der Waals surface area contributed by atoms with Gasteiger partial charge in [-0.15, -0.1) is 0 Å². The van der Waals surface area contributed by atoms with Crippen molar-refractivity contribution in [1.29, 1.82) is 0 Å². The average molecular weight is 397 g/mol. The van der Waals surface area contributed by atoms with Gasteiger partial charge in [-0.3, -0.25) is 4.79 Å². The van der Waals surface area contributed by atoms with Gasteiger partial charge in [0.1, 0.15) is 5.75 Å². The lowest BCUT2D eigenvalue weighted by atomic mass is 9.81. The van der Waals surface area contributed by atoms with E-state index in [1.807, 2.05) is 0 Å². The fourth-order valence-corrected chi connectivity index (χ4v) is 4.25. The fourth-order valence-electron chi connectivity index (χ4n) is 2.73. The predicted octanol–water partition coefficient (Wildman–Crippen LogP) is 5.50. The standard InChI is InChI=1S/C20H29ClN2O2S/c1-7-8-11-23-13-20(5,19(2,3)4)26-18(23)22-17(24)15-12-14(21)9-10-16(15)25-6/h9-10,12H,7-8,11,13H2,1-6H3/b22-18-. The van der Waals surface area contributed by atoms with Gasteiger partial charge >= 0.3 is 0 Å². The van der Waals surface area contributed by atoms with Gasteiger partial charge in [0.25, 0.3) is 5.91 Å². The molecule has 1 aromatic rings. The van der Waals surface area contributed by atoms with Crippen LogP contribution in [0.25, 0.3) is 0 Å². The topological polar surface area (TPSA) is 41.9 Å². The molecule has 2 rings (SSSR count). The van der Waals surface area contributed by atoms with Crippen LogP contribution in [0.5, 0.6) is 5.75 Å². The Balaban J connectivity index is 2.36. The molecule has 0 aliphatic carbocycles. The molecule has 0 N–H and O–H groups in total. The number of amides is 1. The minimum absolute atomic E-state index is 0.00171. The van der Waals surface area contributed by atoms with E-state index >= 15 is 0 Å². The molecule has 0 spiro atoms. The number of unbranched alkanes of at least 4 members (excludes halogenated alkanes) is 1. The maximum atomic E-state index is 12.8.